The monoisotopic (exact) mass is 268 g/mol. The Morgan fingerprint density at radius 1 is 1.20 bits per heavy atom. The Morgan fingerprint density at radius 2 is 2.10 bits per heavy atom. The highest BCUT2D eigenvalue weighted by molar-refractivity contribution is 5.64. The molecule has 0 atom stereocenters. The molecular formula is C14H12N4O2. The normalized spacial score (nSPS) is 10.4. The molecule has 3 aromatic rings. The Bertz CT molecular complexity index is 697. The summed E-state index contributed by atoms with van der Waals surface area (Å²) in [6.45, 7) is 2.50. The predicted molar refractivity (Wildman–Crippen MR) is 71.9 cm³/mol. The molecule has 0 aliphatic carbocycles. The molecule has 0 saturated carbocycles. The van der Waals surface area contributed by atoms with Gasteiger partial charge in [0.15, 0.2) is 0 Å². The van der Waals surface area contributed by atoms with Crippen LogP contribution in [0.25, 0.3) is 23.0 Å². The lowest BCUT2D eigenvalue weighted by atomic mass is 10.2. The van der Waals surface area contributed by atoms with Gasteiger partial charge < -0.3 is 9.26 Å². The van der Waals surface area contributed by atoms with Crippen molar-refractivity contribution in [3.05, 3.63) is 42.9 Å². The van der Waals surface area contributed by atoms with E-state index < -0.39 is 0 Å². The van der Waals surface area contributed by atoms with Gasteiger partial charge in [-0.15, -0.1) is 0 Å². The summed E-state index contributed by atoms with van der Waals surface area (Å²) in [6.07, 6.45) is 3.08. The minimum absolute atomic E-state index is 0.405. The van der Waals surface area contributed by atoms with Crippen molar-refractivity contribution < 1.29 is 9.26 Å². The van der Waals surface area contributed by atoms with Crippen molar-refractivity contribution in [3.63, 3.8) is 0 Å². The quantitative estimate of drug-likeness (QED) is 0.724. The maximum absolute atomic E-state index is 5.55. The van der Waals surface area contributed by atoms with Crippen LogP contribution in [-0.2, 0) is 0 Å². The minimum atomic E-state index is 0.405. The molecule has 0 spiro atoms. The number of benzene rings is 1. The lowest BCUT2D eigenvalue weighted by Gasteiger charge is -2.05. The summed E-state index contributed by atoms with van der Waals surface area (Å²) in [6, 6.07) is 9.27. The first-order valence-corrected chi connectivity index (χ1v) is 6.20. The number of hydrogen-bond acceptors (Lipinski definition) is 6. The number of ether oxygens (including phenoxy) is 1. The summed E-state index contributed by atoms with van der Waals surface area (Å²) >= 11 is 0. The van der Waals surface area contributed by atoms with E-state index in [0.717, 1.165) is 5.56 Å². The van der Waals surface area contributed by atoms with Gasteiger partial charge in [0.1, 0.15) is 17.8 Å². The minimum Gasteiger partial charge on any atom is -0.493 e. The summed E-state index contributed by atoms with van der Waals surface area (Å²) in [5.41, 5.74) is 1.38. The molecule has 0 amide bonds. The molecule has 2 heterocycles. The molecule has 0 bridgehead atoms. The fourth-order valence-electron chi connectivity index (χ4n) is 1.78. The summed E-state index contributed by atoms with van der Waals surface area (Å²) in [4.78, 5) is 12.3. The van der Waals surface area contributed by atoms with Gasteiger partial charge in [0.25, 0.3) is 5.89 Å². The van der Waals surface area contributed by atoms with Crippen LogP contribution in [0.1, 0.15) is 6.92 Å². The van der Waals surface area contributed by atoms with E-state index in [1.807, 2.05) is 31.2 Å². The summed E-state index contributed by atoms with van der Waals surface area (Å²) in [7, 11) is 0. The first-order chi connectivity index (χ1) is 9.88. The molecular weight excluding hydrogens is 256 g/mol. The Balaban J connectivity index is 1.98. The Morgan fingerprint density at radius 3 is 2.90 bits per heavy atom. The number of nitrogens with zero attached hydrogens (tertiary/aromatic N) is 4. The number of rotatable bonds is 4. The SMILES string of the molecule is CCOc1ccccc1-c1nc(-c2ccncn2)no1. The van der Waals surface area contributed by atoms with Gasteiger partial charge in [-0.05, 0) is 25.1 Å². The molecule has 2 aromatic heterocycles. The van der Waals surface area contributed by atoms with Crippen LogP contribution in [0.5, 0.6) is 5.75 Å². The molecule has 6 heteroatoms. The van der Waals surface area contributed by atoms with Crippen LogP contribution in [0.2, 0.25) is 0 Å². The second kappa shape index (κ2) is 5.48. The molecule has 6 nitrogen and oxygen atoms in total. The maximum atomic E-state index is 5.55. The number of aromatic nitrogens is 4. The second-order valence-corrected chi connectivity index (χ2v) is 3.95. The Labute approximate surface area is 115 Å². The van der Waals surface area contributed by atoms with Crippen LogP contribution < -0.4 is 4.74 Å². The molecule has 0 N–H and O–H groups in total. The first-order valence-electron chi connectivity index (χ1n) is 6.20. The predicted octanol–water partition coefficient (Wildman–Crippen LogP) is 2.59. The zero-order valence-electron chi connectivity index (χ0n) is 10.9. The highest BCUT2D eigenvalue weighted by Crippen LogP contribution is 2.29. The summed E-state index contributed by atoms with van der Waals surface area (Å²) in [5.74, 6) is 1.55. The topological polar surface area (TPSA) is 73.9 Å². The first kappa shape index (κ1) is 12.3. The van der Waals surface area contributed by atoms with Crippen molar-refractivity contribution in [2.75, 3.05) is 6.61 Å². The summed E-state index contributed by atoms with van der Waals surface area (Å²) in [5, 5.41) is 3.93. The third kappa shape index (κ3) is 2.35. The summed E-state index contributed by atoms with van der Waals surface area (Å²) < 4.78 is 10.8. The zero-order chi connectivity index (χ0) is 13.8. The van der Waals surface area contributed by atoms with Crippen molar-refractivity contribution in [2.45, 2.75) is 6.92 Å². The van der Waals surface area contributed by atoms with Gasteiger partial charge in [-0.2, -0.15) is 4.98 Å². The fourth-order valence-corrected chi connectivity index (χ4v) is 1.78. The van der Waals surface area contributed by atoms with E-state index in [4.69, 9.17) is 9.26 Å². The van der Waals surface area contributed by atoms with Crippen molar-refractivity contribution in [1.82, 2.24) is 20.1 Å². The molecule has 0 saturated heterocycles. The Hall–Kier alpha value is -2.76. The van der Waals surface area contributed by atoms with Crippen molar-refractivity contribution in [1.29, 1.82) is 0 Å². The molecule has 0 radical (unpaired) electrons. The highest BCUT2D eigenvalue weighted by Gasteiger charge is 2.14. The number of para-hydroxylation sites is 1. The average Bonchev–Trinajstić information content (AvgIpc) is 2.99. The van der Waals surface area contributed by atoms with Crippen LogP contribution in [0, 0.1) is 0 Å². The van der Waals surface area contributed by atoms with E-state index in [9.17, 15) is 0 Å². The molecule has 1 aromatic carbocycles. The molecule has 0 unspecified atom stereocenters. The lowest BCUT2D eigenvalue weighted by Crippen LogP contribution is -1.93. The van der Waals surface area contributed by atoms with Gasteiger partial charge in [-0.3, -0.25) is 0 Å². The van der Waals surface area contributed by atoms with Crippen LogP contribution in [0.15, 0.2) is 47.4 Å². The molecule has 20 heavy (non-hydrogen) atoms. The van der Waals surface area contributed by atoms with Gasteiger partial charge in [0.2, 0.25) is 5.82 Å². The fraction of sp³-hybridized carbons (Fsp3) is 0.143. The van der Waals surface area contributed by atoms with Gasteiger partial charge in [0.05, 0.1) is 12.2 Å². The zero-order valence-corrected chi connectivity index (χ0v) is 10.9. The van der Waals surface area contributed by atoms with Gasteiger partial charge in [-0.1, -0.05) is 17.3 Å². The third-order valence-corrected chi connectivity index (χ3v) is 2.65. The van der Waals surface area contributed by atoms with E-state index in [0.29, 0.717) is 29.8 Å². The van der Waals surface area contributed by atoms with E-state index in [1.54, 1.807) is 12.3 Å². The van der Waals surface area contributed by atoms with E-state index in [2.05, 4.69) is 20.1 Å². The van der Waals surface area contributed by atoms with Crippen LogP contribution in [-0.4, -0.2) is 26.7 Å². The van der Waals surface area contributed by atoms with Crippen molar-refractivity contribution >= 4 is 0 Å². The average molecular weight is 268 g/mol. The lowest BCUT2D eigenvalue weighted by molar-refractivity contribution is 0.339. The van der Waals surface area contributed by atoms with E-state index in [1.165, 1.54) is 6.33 Å². The molecule has 0 fully saturated rings. The largest absolute Gasteiger partial charge is 0.493 e. The van der Waals surface area contributed by atoms with Crippen LogP contribution in [0.4, 0.5) is 0 Å². The highest BCUT2D eigenvalue weighted by atomic mass is 16.5. The smallest absolute Gasteiger partial charge is 0.262 e. The van der Waals surface area contributed by atoms with Gasteiger partial charge in [-0.25, -0.2) is 9.97 Å². The molecule has 0 aliphatic rings. The van der Waals surface area contributed by atoms with Gasteiger partial charge in [0, 0.05) is 6.20 Å². The molecule has 3 rings (SSSR count). The molecule has 100 valence electrons. The van der Waals surface area contributed by atoms with Crippen LogP contribution >= 0.6 is 0 Å². The van der Waals surface area contributed by atoms with Crippen LogP contribution in [0.3, 0.4) is 0 Å². The standard InChI is InChI=1S/C14H12N4O2/c1-2-19-12-6-4-3-5-10(12)14-17-13(18-20-14)11-7-8-15-9-16-11/h3-9H,2H2,1H3. The second-order valence-electron chi connectivity index (χ2n) is 3.95. The maximum Gasteiger partial charge on any atom is 0.262 e. The van der Waals surface area contributed by atoms with E-state index in [-0.39, 0.29) is 0 Å². The Kier molecular flexibility index (Phi) is 3.36. The van der Waals surface area contributed by atoms with Crippen molar-refractivity contribution in [2.24, 2.45) is 0 Å². The third-order valence-electron chi connectivity index (χ3n) is 2.65. The number of hydrogen-bond donors (Lipinski definition) is 0. The molecule has 0 aliphatic heterocycles. The van der Waals surface area contributed by atoms with Gasteiger partial charge >= 0.3 is 0 Å². The van der Waals surface area contributed by atoms with Crippen molar-refractivity contribution in [3.8, 4) is 28.7 Å². The van der Waals surface area contributed by atoms with E-state index >= 15 is 0 Å².